The number of benzene rings is 1. The predicted molar refractivity (Wildman–Crippen MR) is 94.5 cm³/mol. The molecule has 1 aliphatic carbocycles. The van der Waals surface area contributed by atoms with Crippen molar-refractivity contribution in [1.29, 1.82) is 5.41 Å². The van der Waals surface area contributed by atoms with Crippen LogP contribution in [0.1, 0.15) is 37.8 Å². The second-order valence-electron chi connectivity index (χ2n) is 5.98. The quantitative estimate of drug-likeness (QED) is 0.559. The van der Waals surface area contributed by atoms with E-state index in [1.54, 1.807) is 12.1 Å². The molecule has 3 rings (SSSR count). The lowest BCUT2D eigenvalue weighted by Crippen LogP contribution is -2.21. The molecule has 1 heterocycles. The van der Waals surface area contributed by atoms with Crippen LogP contribution in [0.4, 0.5) is 21.6 Å². The number of hydrogen-bond acceptors (Lipinski definition) is 5. The summed E-state index contributed by atoms with van der Waals surface area (Å²) in [6.07, 6.45) is 5.39. The minimum absolute atomic E-state index is 0.0318. The molecular weight excluding hydrogens is 329 g/mol. The van der Waals surface area contributed by atoms with Crippen molar-refractivity contribution in [3.63, 3.8) is 0 Å². The predicted octanol–water partition coefficient (Wildman–Crippen LogP) is 4.54. The van der Waals surface area contributed by atoms with Crippen molar-refractivity contribution in [2.75, 3.05) is 11.1 Å². The van der Waals surface area contributed by atoms with Crippen LogP contribution >= 0.6 is 11.6 Å². The van der Waals surface area contributed by atoms with Gasteiger partial charge in [-0.1, -0.05) is 19.3 Å². The van der Waals surface area contributed by atoms with Gasteiger partial charge in [0.1, 0.15) is 17.2 Å². The Morgan fingerprint density at radius 3 is 2.50 bits per heavy atom. The van der Waals surface area contributed by atoms with Crippen LogP contribution in [-0.4, -0.2) is 15.7 Å². The molecule has 1 fully saturated rings. The zero-order chi connectivity index (χ0) is 17.1. The standard InChI is InChI=1S/C17H19ClFN5/c18-17-23-15(13(20)10-4-2-1-3-5-10)14(21)16(24-17)22-12-8-6-11(19)7-9-12/h6-10,20H,1-5,21H2,(H,22,23,24). The molecule has 0 amide bonds. The Hall–Kier alpha value is -2.21. The van der Waals surface area contributed by atoms with Gasteiger partial charge >= 0.3 is 0 Å². The maximum absolute atomic E-state index is 13.0. The van der Waals surface area contributed by atoms with E-state index >= 15 is 0 Å². The summed E-state index contributed by atoms with van der Waals surface area (Å²) in [7, 11) is 0. The molecule has 5 nitrogen and oxygen atoms in total. The van der Waals surface area contributed by atoms with Gasteiger partial charge in [-0.3, -0.25) is 0 Å². The third-order valence-electron chi connectivity index (χ3n) is 4.29. The first kappa shape index (κ1) is 16.6. The summed E-state index contributed by atoms with van der Waals surface area (Å²) >= 11 is 6.02. The molecule has 0 atom stereocenters. The summed E-state index contributed by atoms with van der Waals surface area (Å²) < 4.78 is 13.0. The van der Waals surface area contributed by atoms with Crippen molar-refractivity contribution in [2.45, 2.75) is 32.1 Å². The topological polar surface area (TPSA) is 87.7 Å². The number of nitrogen functional groups attached to an aromatic ring is 1. The van der Waals surface area contributed by atoms with Crippen LogP contribution in [0.15, 0.2) is 24.3 Å². The zero-order valence-corrected chi connectivity index (χ0v) is 13.9. The molecular formula is C17H19ClFN5. The average Bonchev–Trinajstić information content (AvgIpc) is 2.60. The molecule has 24 heavy (non-hydrogen) atoms. The first-order chi connectivity index (χ1) is 11.5. The molecule has 0 bridgehead atoms. The Morgan fingerprint density at radius 2 is 1.83 bits per heavy atom. The molecule has 1 aromatic heterocycles. The number of aromatic nitrogens is 2. The van der Waals surface area contributed by atoms with Crippen molar-refractivity contribution in [3.05, 3.63) is 41.1 Å². The van der Waals surface area contributed by atoms with Gasteiger partial charge < -0.3 is 16.5 Å². The SMILES string of the molecule is N=C(c1nc(Cl)nc(Nc2ccc(F)cc2)c1N)C1CCCCC1. The van der Waals surface area contributed by atoms with Gasteiger partial charge in [0.25, 0.3) is 0 Å². The Balaban J connectivity index is 1.89. The van der Waals surface area contributed by atoms with Gasteiger partial charge in [-0.2, -0.15) is 4.98 Å². The highest BCUT2D eigenvalue weighted by atomic mass is 35.5. The highest BCUT2D eigenvalue weighted by Crippen LogP contribution is 2.31. The molecule has 4 N–H and O–H groups in total. The molecule has 0 aliphatic heterocycles. The van der Waals surface area contributed by atoms with E-state index in [0.717, 1.165) is 25.7 Å². The molecule has 2 aromatic rings. The molecule has 7 heteroatoms. The van der Waals surface area contributed by atoms with Gasteiger partial charge in [0.15, 0.2) is 5.82 Å². The van der Waals surface area contributed by atoms with E-state index in [2.05, 4.69) is 15.3 Å². The van der Waals surface area contributed by atoms with Crippen LogP contribution in [0.25, 0.3) is 0 Å². The fourth-order valence-electron chi connectivity index (χ4n) is 3.00. The first-order valence-electron chi connectivity index (χ1n) is 7.99. The van der Waals surface area contributed by atoms with Gasteiger partial charge in [0.05, 0.1) is 5.71 Å². The number of nitrogens with one attached hydrogen (secondary N) is 2. The average molecular weight is 348 g/mol. The van der Waals surface area contributed by atoms with Gasteiger partial charge in [0.2, 0.25) is 5.28 Å². The van der Waals surface area contributed by atoms with Crippen LogP contribution < -0.4 is 11.1 Å². The van der Waals surface area contributed by atoms with Crippen LogP contribution in [0.3, 0.4) is 0 Å². The summed E-state index contributed by atoms with van der Waals surface area (Å²) in [5, 5.41) is 11.5. The minimum atomic E-state index is -0.325. The zero-order valence-electron chi connectivity index (χ0n) is 13.1. The van der Waals surface area contributed by atoms with E-state index in [1.165, 1.54) is 18.6 Å². The van der Waals surface area contributed by atoms with Crippen LogP contribution in [-0.2, 0) is 0 Å². The number of nitrogens with zero attached hydrogens (tertiary/aromatic N) is 2. The summed E-state index contributed by atoms with van der Waals surface area (Å²) in [6.45, 7) is 0. The Kier molecular flexibility index (Phi) is 4.94. The second kappa shape index (κ2) is 7.13. The van der Waals surface area contributed by atoms with E-state index in [9.17, 15) is 4.39 Å². The van der Waals surface area contributed by atoms with Gasteiger partial charge in [-0.05, 0) is 48.7 Å². The smallest absolute Gasteiger partial charge is 0.225 e. The van der Waals surface area contributed by atoms with Gasteiger partial charge in [-0.25, -0.2) is 9.37 Å². The Labute approximate surface area is 145 Å². The number of rotatable bonds is 4. The summed E-state index contributed by atoms with van der Waals surface area (Å²) in [5.41, 5.74) is 7.90. The van der Waals surface area contributed by atoms with Crippen molar-refractivity contribution >= 4 is 34.5 Å². The van der Waals surface area contributed by atoms with Gasteiger partial charge in [0, 0.05) is 11.6 Å². The molecule has 0 spiro atoms. The van der Waals surface area contributed by atoms with Crippen LogP contribution in [0.2, 0.25) is 5.28 Å². The van der Waals surface area contributed by atoms with Crippen molar-refractivity contribution in [3.8, 4) is 0 Å². The molecule has 126 valence electrons. The fourth-order valence-corrected chi connectivity index (χ4v) is 3.17. The van der Waals surface area contributed by atoms with Crippen molar-refractivity contribution in [1.82, 2.24) is 9.97 Å². The first-order valence-corrected chi connectivity index (χ1v) is 8.37. The molecule has 0 radical (unpaired) electrons. The third-order valence-corrected chi connectivity index (χ3v) is 4.46. The lowest BCUT2D eigenvalue weighted by Gasteiger charge is -2.23. The maximum Gasteiger partial charge on any atom is 0.225 e. The van der Waals surface area contributed by atoms with Crippen molar-refractivity contribution in [2.24, 2.45) is 5.92 Å². The molecule has 1 saturated carbocycles. The largest absolute Gasteiger partial charge is 0.394 e. The summed E-state index contributed by atoms with van der Waals surface area (Å²) in [6, 6.07) is 5.84. The number of nitrogens with two attached hydrogens (primary N) is 1. The minimum Gasteiger partial charge on any atom is -0.394 e. The maximum atomic E-state index is 13.0. The molecule has 1 aromatic carbocycles. The van der Waals surface area contributed by atoms with Crippen LogP contribution in [0.5, 0.6) is 0 Å². The number of hydrogen-bond donors (Lipinski definition) is 3. The van der Waals surface area contributed by atoms with E-state index in [0.29, 0.717) is 28.6 Å². The normalized spacial score (nSPS) is 15.2. The fraction of sp³-hybridized carbons (Fsp3) is 0.353. The number of halogens is 2. The second-order valence-corrected chi connectivity index (χ2v) is 6.32. The van der Waals surface area contributed by atoms with E-state index in [-0.39, 0.29) is 17.0 Å². The highest BCUT2D eigenvalue weighted by molar-refractivity contribution is 6.28. The van der Waals surface area contributed by atoms with E-state index in [4.69, 9.17) is 22.7 Å². The number of anilines is 3. The van der Waals surface area contributed by atoms with E-state index < -0.39 is 0 Å². The lowest BCUT2D eigenvalue weighted by molar-refractivity contribution is 0.438. The monoisotopic (exact) mass is 347 g/mol. The van der Waals surface area contributed by atoms with Gasteiger partial charge in [-0.15, -0.1) is 0 Å². The van der Waals surface area contributed by atoms with E-state index in [1.807, 2.05) is 0 Å². The Morgan fingerprint density at radius 1 is 1.17 bits per heavy atom. The summed E-state index contributed by atoms with van der Waals surface area (Å²) in [5.74, 6) is 0.164. The Bertz CT molecular complexity index is 741. The van der Waals surface area contributed by atoms with Crippen LogP contribution in [0, 0.1) is 17.1 Å². The molecule has 1 aliphatic rings. The third kappa shape index (κ3) is 3.64. The summed E-state index contributed by atoms with van der Waals surface area (Å²) in [4.78, 5) is 8.28. The molecule has 0 saturated heterocycles. The lowest BCUT2D eigenvalue weighted by atomic mass is 9.84. The highest BCUT2D eigenvalue weighted by Gasteiger charge is 2.24. The molecule has 0 unspecified atom stereocenters. The van der Waals surface area contributed by atoms with Crippen molar-refractivity contribution < 1.29 is 4.39 Å².